The molecule has 0 atom stereocenters. The summed E-state index contributed by atoms with van der Waals surface area (Å²) < 4.78 is 1.14. The van der Waals surface area contributed by atoms with E-state index >= 15 is 0 Å². The Balaban J connectivity index is 2.34. The number of hydrogen-bond acceptors (Lipinski definition) is 3. The van der Waals surface area contributed by atoms with E-state index in [1.807, 2.05) is 12.1 Å². The number of benzene rings is 1. The molecule has 3 N–H and O–H groups in total. The third-order valence-electron chi connectivity index (χ3n) is 2.54. The van der Waals surface area contributed by atoms with E-state index in [0.29, 0.717) is 11.5 Å². The van der Waals surface area contributed by atoms with Crippen LogP contribution in [0.3, 0.4) is 0 Å². The van der Waals surface area contributed by atoms with E-state index in [-0.39, 0.29) is 0 Å². The molecule has 0 saturated carbocycles. The van der Waals surface area contributed by atoms with Crippen molar-refractivity contribution < 1.29 is 0 Å². The molecule has 0 saturated heterocycles. The summed E-state index contributed by atoms with van der Waals surface area (Å²) >= 11 is 3.55. The number of halogens is 1. The minimum Gasteiger partial charge on any atom is -0.396 e. The Bertz CT molecular complexity index is 529. The van der Waals surface area contributed by atoms with Gasteiger partial charge in [0.1, 0.15) is 0 Å². The molecular formula is C13H14BrN3. The van der Waals surface area contributed by atoms with Crippen LogP contribution in [0, 0.1) is 13.8 Å². The summed E-state index contributed by atoms with van der Waals surface area (Å²) in [6.07, 6.45) is 1.72. The Morgan fingerprint density at radius 2 is 1.88 bits per heavy atom. The molecule has 2 aromatic rings. The van der Waals surface area contributed by atoms with E-state index in [1.54, 1.807) is 6.20 Å². The third-order valence-corrected chi connectivity index (χ3v) is 3.79. The summed E-state index contributed by atoms with van der Waals surface area (Å²) in [5, 5.41) is 3.22. The van der Waals surface area contributed by atoms with E-state index in [4.69, 9.17) is 5.73 Å². The molecule has 0 fully saturated rings. The van der Waals surface area contributed by atoms with Crippen LogP contribution in [0.25, 0.3) is 0 Å². The van der Waals surface area contributed by atoms with E-state index in [0.717, 1.165) is 10.2 Å². The summed E-state index contributed by atoms with van der Waals surface area (Å²) in [7, 11) is 0. The number of nitrogens with one attached hydrogen (secondary N) is 1. The topological polar surface area (TPSA) is 50.9 Å². The van der Waals surface area contributed by atoms with E-state index in [9.17, 15) is 0 Å². The molecule has 0 spiro atoms. The lowest BCUT2D eigenvalue weighted by Gasteiger charge is -2.11. The number of aryl methyl sites for hydroxylation is 2. The Morgan fingerprint density at radius 1 is 1.24 bits per heavy atom. The van der Waals surface area contributed by atoms with Crippen LogP contribution >= 0.6 is 15.9 Å². The number of anilines is 3. The lowest BCUT2D eigenvalue weighted by atomic mass is 10.1. The fourth-order valence-corrected chi connectivity index (χ4v) is 1.91. The van der Waals surface area contributed by atoms with Crippen molar-refractivity contribution in [3.8, 4) is 0 Å². The van der Waals surface area contributed by atoms with Gasteiger partial charge in [0.25, 0.3) is 0 Å². The molecule has 2 rings (SSSR count). The van der Waals surface area contributed by atoms with Crippen LogP contribution in [0.1, 0.15) is 11.1 Å². The van der Waals surface area contributed by atoms with Crippen LogP contribution in [-0.2, 0) is 0 Å². The standard InChI is InChI=1S/C13H14BrN3/c1-8-6-10(7-9(2)12(8)14)17-13-11(15)4-3-5-16-13/h3-7H,15H2,1-2H3,(H,16,17). The first-order chi connectivity index (χ1) is 8.08. The predicted octanol–water partition coefficient (Wildman–Crippen LogP) is 3.79. The first kappa shape index (κ1) is 11.9. The number of rotatable bonds is 2. The molecule has 17 heavy (non-hydrogen) atoms. The maximum atomic E-state index is 5.84. The van der Waals surface area contributed by atoms with Gasteiger partial charge in [-0.25, -0.2) is 4.98 Å². The van der Waals surface area contributed by atoms with Crippen LogP contribution in [0.5, 0.6) is 0 Å². The van der Waals surface area contributed by atoms with Crippen LogP contribution in [-0.4, -0.2) is 4.98 Å². The maximum absolute atomic E-state index is 5.84. The second kappa shape index (κ2) is 4.75. The van der Waals surface area contributed by atoms with Crippen LogP contribution < -0.4 is 11.1 Å². The molecular weight excluding hydrogens is 278 g/mol. The van der Waals surface area contributed by atoms with Crippen molar-refractivity contribution in [1.29, 1.82) is 0 Å². The minimum absolute atomic E-state index is 0.644. The van der Waals surface area contributed by atoms with Gasteiger partial charge in [0.2, 0.25) is 0 Å². The first-order valence-corrected chi connectivity index (χ1v) is 6.11. The molecule has 1 heterocycles. The minimum atomic E-state index is 0.644. The second-order valence-electron chi connectivity index (χ2n) is 3.99. The average Bonchev–Trinajstić information content (AvgIpc) is 2.29. The summed E-state index contributed by atoms with van der Waals surface area (Å²) in [6.45, 7) is 4.12. The monoisotopic (exact) mass is 291 g/mol. The smallest absolute Gasteiger partial charge is 0.153 e. The van der Waals surface area contributed by atoms with Gasteiger partial charge in [-0.05, 0) is 49.2 Å². The van der Waals surface area contributed by atoms with Gasteiger partial charge in [-0.3, -0.25) is 0 Å². The van der Waals surface area contributed by atoms with Crippen molar-refractivity contribution in [2.45, 2.75) is 13.8 Å². The largest absolute Gasteiger partial charge is 0.396 e. The molecule has 0 bridgehead atoms. The zero-order chi connectivity index (χ0) is 12.4. The van der Waals surface area contributed by atoms with Crippen molar-refractivity contribution >= 4 is 33.1 Å². The van der Waals surface area contributed by atoms with E-state index in [2.05, 4.69) is 52.2 Å². The quantitative estimate of drug-likeness (QED) is 0.885. The normalized spacial score (nSPS) is 10.3. The fourth-order valence-electron chi connectivity index (χ4n) is 1.68. The first-order valence-electron chi connectivity index (χ1n) is 5.32. The number of hydrogen-bond donors (Lipinski definition) is 2. The highest BCUT2D eigenvalue weighted by molar-refractivity contribution is 9.10. The van der Waals surface area contributed by atoms with Gasteiger partial charge in [0, 0.05) is 16.4 Å². The van der Waals surface area contributed by atoms with Gasteiger partial charge in [-0.15, -0.1) is 0 Å². The number of nitrogens with two attached hydrogens (primary N) is 1. The van der Waals surface area contributed by atoms with Gasteiger partial charge in [-0.2, -0.15) is 0 Å². The lowest BCUT2D eigenvalue weighted by Crippen LogP contribution is -1.99. The lowest BCUT2D eigenvalue weighted by molar-refractivity contribution is 1.29. The van der Waals surface area contributed by atoms with Gasteiger partial charge >= 0.3 is 0 Å². The Hall–Kier alpha value is -1.55. The Kier molecular flexibility index (Phi) is 3.33. The van der Waals surface area contributed by atoms with Crippen molar-refractivity contribution in [3.05, 3.63) is 46.1 Å². The molecule has 1 aromatic heterocycles. The molecule has 1 aromatic carbocycles. The SMILES string of the molecule is Cc1cc(Nc2ncccc2N)cc(C)c1Br. The molecule has 0 aliphatic carbocycles. The molecule has 3 nitrogen and oxygen atoms in total. The van der Waals surface area contributed by atoms with Crippen LogP contribution in [0.2, 0.25) is 0 Å². The van der Waals surface area contributed by atoms with Gasteiger partial charge in [0.05, 0.1) is 5.69 Å². The summed E-state index contributed by atoms with van der Waals surface area (Å²) in [5.41, 5.74) is 9.84. The Labute approximate surface area is 109 Å². The second-order valence-corrected chi connectivity index (χ2v) is 4.78. The van der Waals surface area contributed by atoms with Crippen molar-refractivity contribution in [1.82, 2.24) is 4.98 Å². The number of pyridine rings is 1. The number of nitrogens with zero attached hydrogens (tertiary/aromatic N) is 1. The van der Waals surface area contributed by atoms with Gasteiger partial charge in [0.15, 0.2) is 5.82 Å². The molecule has 0 radical (unpaired) electrons. The zero-order valence-electron chi connectivity index (χ0n) is 9.79. The molecule has 4 heteroatoms. The highest BCUT2D eigenvalue weighted by Gasteiger charge is 2.04. The third kappa shape index (κ3) is 2.58. The molecule has 0 unspecified atom stereocenters. The van der Waals surface area contributed by atoms with Crippen molar-refractivity contribution in [3.63, 3.8) is 0 Å². The highest BCUT2D eigenvalue weighted by Crippen LogP contribution is 2.27. The Morgan fingerprint density at radius 3 is 2.47 bits per heavy atom. The maximum Gasteiger partial charge on any atom is 0.153 e. The van der Waals surface area contributed by atoms with Crippen LogP contribution in [0.15, 0.2) is 34.9 Å². The summed E-state index contributed by atoms with van der Waals surface area (Å²) in [4.78, 5) is 4.21. The number of nitrogen functional groups attached to an aromatic ring is 1. The molecule has 0 amide bonds. The van der Waals surface area contributed by atoms with E-state index < -0.39 is 0 Å². The van der Waals surface area contributed by atoms with Gasteiger partial charge in [-0.1, -0.05) is 15.9 Å². The molecule has 0 aliphatic rings. The highest BCUT2D eigenvalue weighted by atomic mass is 79.9. The number of aromatic nitrogens is 1. The van der Waals surface area contributed by atoms with Crippen LogP contribution in [0.4, 0.5) is 17.2 Å². The van der Waals surface area contributed by atoms with Crippen molar-refractivity contribution in [2.75, 3.05) is 11.1 Å². The summed E-state index contributed by atoms with van der Waals surface area (Å²) in [6, 6.07) is 7.77. The summed E-state index contributed by atoms with van der Waals surface area (Å²) in [5.74, 6) is 0.689. The predicted molar refractivity (Wildman–Crippen MR) is 75.5 cm³/mol. The van der Waals surface area contributed by atoms with E-state index in [1.165, 1.54) is 11.1 Å². The average molecular weight is 292 g/mol. The zero-order valence-corrected chi connectivity index (χ0v) is 11.4. The molecule has 0 aliphatic heterocycles. The van der Waals surface area contributed by atoms with Crippen molar-refractivity contribution in [2.24, 2.45) is 0 Å². The molecule has 88 valence electrons. The van der Waals surface area contributed by atoms with Gasteiger partial charge < -0.3 is 11.1 Å². The fraction of sp³-hybridized carbons (Fsp3) is 0.154.